The van der Waals surface area contributed by atoms with E-state index in [1.165, 1.54) is 17.4 Å². The number of nitriles is 1. The lowest BCUT2D eigenvalue weighted by molar-refractivity contribution is 0.103. The molecular weight excluding hydrogens is 291 g/mol. The Labute approximate surface area is 124 Å². The minimum Gasteiger partial charge on any atom is -0.384 e. The second-order valence-electron chi connectivity index (χ2n) is 3.88. The van der Waals surface area contributed by atoms with Crippen molar-refractivity contribution in [2.24, 2.45) is 0 Å². The molecule has 6 heteroatoms. The van der Waals surface area contributed by atoms with Gasteiger partial charge >= 0.3 is 0 Å². The first kappa shape index (κ1) is 14.7. The van der Waals surface area contributed by atoms with E-state index in [2.05, 4.69) is 17.2 Å². The molecule has 1 aromatic carbocycles. The highest BCUT2D eigenvalue weighted by molar-refractivity contribution is 7.12. The third-order valence-corrected chi connectivity index (χ3v) is 3.44. The second-order valence-corrected chi connectivity index (χ2v) is 4.80. The summed E-state index contributed by atoms with van der Waals surface area (Å²) in [7, 11) is 0. The lowest BCUT2D eigenvalue weighted by atomic mass is 10.2. The Morgan fingerprint density at radius 3 is 2.90 bits per heavy atom. The van der Waals surface area contributed by atoms with E-state index in [0.29, 0.717) is 10.4 Å². The van der Waals surface area contributed by atoms with Crippen LogP contribution in [0.3, 0.4) is 0 Å². The number of benzene rings is 1. The summed E-state index contributed by atoms with van der Waals surface area (Å²) in [6.07, 6.45) is 0. The molecule has 2 N–H and O–H groups in total. The Balaban J connectivity index is 2.27. The minimum absolute atomic E-state index is 0.0444. The molecule has 1 amide bonds. The van der Waals surface area contributed by atoms with E-state index in [1.807, 2.05) is 6.07 Å². The molecule has 0 atom stereocenters. The number of carbonyl (C=O) groups is 1. The number of rotatable bonds is 2. The molecule has 0 bridgehead atoms. The molecule has 1 heterocycles. The number of aliphatic hydroxyl groups excluding tert-OH is 1. The number of anilines is 1. The van der Waals surface area contributed by atoms with Crippen LogP contribution in [0.5, 0.6) is 0 Å². The van der Waals surface area contributed by atoms with Gasteiger partial charge in [-0.25, -0.2) is 4.39 Å². The van der Waals surface area contributed by atoms with Gasteiger partial charge in [0.05, 0.1) is 11.3 Å². The van der Waals surface area contributed by atoms with Crippen LogP contribution in [0.2, 0.25) is 0 Å². The van der Waals surface area contributed by atoms with Crippen molar-refractivity contribution in [3.05, 3.63) is 51.5 Å². The Bertz CT molecular complexity index is 781. The van der Waals surface area contributed by atoms with E-state index in [0.717, 1.165) is 12.1 Å². The summed E-state index contributed by atoms with van der Waals surface area (Å²) in [4.78, 5) is 12.5. The number of aliphatic hydroxyl groups is 1. The molecule has 0 spiro atoms. The summed E-state index contributed by atoms with van der Waals surface area (Å²) in [6, 6.07) is 7.04. The molecule has 0 aliphatic carbocycles. The van der Waals surface area contributed by atoms with Gasteiger partial charge in [-0.05, 0) is 29.6 Å². The number of hydrogen-bond donors (Lipinski definition) is 2. The van der Waals surface area contributed by atoms with E-state index < -0.39 is 11.7 Å². The summed E-state index contributed by atoms with van der Waals surface area (Å²) >= 11 is 1.19. The van der Waals surface area contributed by atoms with Gasteiger partial charge in [-0.3, -0.25) is 4.79 Å². The van der Waals surface area contributed by atoms with Crippen LogP contribution in [0.1, 0.15) is 20.8 Å². The smallest absolute Gasteiger partial charge is 0.267 e. The van der Waals surface area contributed by atoms with Crippen LogP contribution in [0, 0.1) is 29.0 Å². The van der Waals surface area contributed by atoms with Crippen LogP contribution >= 0.6 is 11.3 Å². The molecule has 1 aromatic heterocycles. The maximum absolute atomic E-state index is 13.0. The second kappa shape index (κ2) is 6.67. The molecular formula is C15H9FN2O2S. The van der Waals surface area contributed by atoms with Crippen LogP contribution in [0.25, 0.3) is 0 Å². The molecule has 0 radical (unpaired) electrons. The number of hydrogen-bond acceptors (Lipinski definition) is 4. The van der Waals surface area contributed by atoms with Gasteiger partial charge in [0.1, 0.15) is 23.4 Å². The summed E-state index contributed by atoms with van der Waals surface area (Å²) in [5.41, 5.74) is 0.772. The molecule has 0 aliphatic heterocycles. The first-order valence-corrected chi connectivity index (χ1v) is 6.72. The number of nitrogens with one attached hydrogen (secondary N) is 1. The SMILES string of the molecule is N#Cc1cc(F)ccc1NC(=O)c1sccc1C#CCO. The van der Waals surface area contributed by atoms with E-state index in [1.54, 1.807) is 11.4 Å². The number of thiophene rings is 1. The normalized spacial score (nSPS) is 9.38. The molecule has 2 aromatic rings. The molecule has 0 fully saturated rings. The first-order valence-electron chi connectivity index (χ1n) is 5.84. The Morgan fingerprint density at radius 2 is 2.19 bits per heavy atom. The number of nitrogens with zero attached hydrogens (tertiary/aromatic N) is 1. The largest absolute Gasteiger partial charge is 0.384 e. The van der Waals surface area contributed by atoms with Gasteiger partial charge in [-0.15, -0.1) is 11.3 Å². The van der Waals surface area contributed by atoms with Crippen LogP contribution in [-0.2, 0) is 0 Å². The van der Waals surface area contributed by atoms with Crippen molar-refractivity contribution in [2.75, 3.05) is 11.9 Å². The van der Waals surface area contributed by atoms with Crippen LogP contribution in [0.4, 0.5) is 10.1 Å². The van der Waals surface area contributed by atoms with Crippen molar-refractivity contribution in [3.63, 3.8) is 0 Å². The Hall–Kier alpha value is -2.67. The fourth-order valence-electron chi connectivity index (χ4n) is 1.62. The maximum atomic E-state index is 13.0. The Kier molecular flexibility index (Phi) is 4.68. The molecule has 0 saturated carbocycles. The summed E-state index contributed by atoms with van der Waals surface area (Å²) in [6.45, 7) is -0.298. The third kappa shape index (κ3) is 3.46. The van der Waals surface area contributed by atoms with Gasteiger partial charge in [0.15, 0.2) is 0 Å². The molecule has 0 aliphatic rings. The van der Waals surface area contributed by atoms with Crippen molar-refractivity contribution in [3.8, 4) is 17.9 Å². The Morgan fingerprint density at radius 1 is 1.38 bits per heavy atom. The highest BCUT2D eigenvalue weighted by Crippen LogP contribution is 2.21. The monoisotopic (exact) mass is 300 g/mol. The van der Waals surface area contributed by atoms with Gasteiger partial charge in [0.25, 0.3) is 5.91 Å². The summed E-state index contributed by atoms with van der Waals surface area (Å²) < 4.78 is 13.0. The average Bonchev–Trinajstić information content (AvgIpc) is 2.95. The highest BCUT2D eigenvalue weighted by Gasteiger charge is 2.14. The molecule has 21 heavy (non-hydrogen) atoms. The van der Waals surface area contributed by atoms with Crippen molar-refractivity contribution in [2.45, 2.75) is 0 Å². The molecule has 104 valence electrons. The van der Waals surface area contributed by atoms with E-state index in [9.17, 15) is 9.18 Å². The topological polar surface area (TPSA) is 73.1 Å². The van der Waals surface area contributed by atoms with Gasteiger partial charge < -0.3 is 10.4 Å². The third-order valence-electron chi connectivity index (χ3n) is 2.52. The van der Waals surface area contributed by atoms with Gasteiger partial charge in [0, 0.05) is 5.56 Å². The van der Waals surface area contributed by atoms with Crippen molar-refractivity contribution >= 4 is 22.9 Å². The summed E-state index contributed by atoms with van der Waals surface area (Å²) in [5.74, 6) is 4.16. The van der Waals surface area contributed by atoms with Crippen LogP contribution in [-0.4, -0.2) is 17.6 Å². The molecule has 0 unspecified atom stereocenters. The molecule has 0 saturated heterocycles. The van der Waals surface area contributed by atoms with Gasteiger partial charge in [-0.2, -0.15) is 5.26 Å². The fourth-order valence-corrected chi connectivity index (χ4v) is 2.36. The quantitative estimate of drug-likeness (QED) is 0.836. The van der Waals surface area contributed by atoms with Crippen LogP contribution < -0.4 is 5.32 Å². The van der Waals surface area contributed by atoms with Crippen molar-refractivity contribution < 1.29 is 14.3 Å². The zero-order valence-electron chi connectivity index (χ0n) is 10.7. The van der Waals surface area contributed by atoms with Crippen molar-refractivity contribution in [1.29, 1.82) is 5.26 Å². The lowest BCUT2D eigenvalue weighted by Gasteiger charge is -2.06. The van der Waals surface area contributed by atoms with Gasteiger partial charge in [-0.1, -0.05) is 11.8 Å². The van der Waals surface area contributed by atoms with Crippen molar-refractivity contribution in [1.82, 2.24) is 0 Å². The minimum atomic E-state index is -0.546. The maximum Gasteiger partial charge on any atom is 0.267 e. The zero-order valence-corrected chi connectivity index (χ0v) is 11.5. The average molecular weight is 300 g/mol. The number of amides is 1. The molecule has 4 nitrogen and oxygen atoms in total. The zero-order chi connectivity index (χ0) is 15.2. The number of carbonyl (C=O) groups excluding carboxylic acids is 1. The van der Waals surface area contributed by atoms with Crippen LogP contribution in [0.15, 0.2) is 29.6 Å². The van der Waals surface area contributed by atoms with E-state index in [4.69, 9.17) is 10.4 Å². The molecule has 2 rings (SSSR count). The first-order chi connectivity index (χ1) is 10.2. The predicted octanol–water partition coefficient (Wildman–Crippen LogP) is 2.35. The fraction of sp³-hybridized carbons (Fsp3) is 0.0667. The van der Waals surface area contributed by atoms with Gasteiger partial charge in [0.2, 0.25) is 0 Å². The van der Waals surface area contributed by atoms with E-state index >= 15 is 0 Å². The predicted molar refractivity (Wildman–Crippen MR) is 77.4 cm³/mol. The lowest BCUT2D eigenvalue weighted by Crippen LogP contribution is -2.12. The summed E-state index contributed by atoms with van der Waals surface area (Å²) in [5, 5.41) is 21.9. The van der Waals surface area contributed by atoms with E-state index in [-0.39, 0.29) is 17.9 Å². The highest BCUT2D eigenvalue weighted by atomic mass is 32.1. The standard InChI is InChI=1S/C15H9FN2O2S/c16-12-3-4-13(11(8-12)9-17)18-15(20)14-10(2-1-6-19)5-7-21-14/h3-5,7-8,19H,6H2,(H,18,20). The number of halogens is 1.